The lowest BCUT2D eigenvalue weighted by molar-refractivity contribution is -0.169. The normalized spacial score (nSPS) is 17.8. The number of nitrogens with zero attached hydrogens (tertiary/aromatic N) is 2. The predicted octanol–water partition coefficient (Wildman–Crippen LogP) is 3.30. The average molecular weight is 295 g/mol. The fraction of sp³-hybridized carbons (Fsp3) is 0.200. The zero-order valence-electron chi connectivity index (χ0n) is 8.74. The van der Waals surface area contributed by atoms with Crippen molar-refractivity contribution in [3.63, 3.8) is 0 Å². The van der Waals surface area contributed by atoms with Crippen molar-refractivity contribution in [1.29, 1.82) is 0 Å². The molecule has 1 aliphatic rings. The zero-order valence-corrected chi connectivity index (χ0v) is 10.3. The first kappa shape index (κ1) is 13.2. The number of carbonyl (C=O) groups is 1. The maximum Gasteiger partial charge on any atom is 0.473 e. The second-order valence-corrected chi connectivity index (χ2v) is 4.72. The minimum Gasteiger partial charge on any atom is -0.311 e. The molecule has 1 aliphatic heterocycles. The number of halogens is 4. The third kappa shape index (κ3) is 2.78. The molecule has 0 spiro atoms. The molecule has 0 saturated carbocycles. The van der Waals surface area contributed by atoms with Crippen molar-refractivity contribution in [2.75, 3.05) is 10.8 Å². The summed E-state index contributed by atoms with van der Waals surface area (Å²) in [6.07, 6.45) is -4.94. The van der Waals surface area contributed by atoms with Gasteiger partial charge < -0.3 is 4.90 Å². The van der Waals surface area contributed by atoms with Crippen LogP contribution in [0.5, 0.6) is 0 Å². The third-order valence-electron chi connectivity index (χ3n) is 2.13. The third-order valence-corrected chi connectivity index (χ3v) is 3.34. The Morgan fingerprint density at radius 3 is 2.39 bits per heavy atom. The van der Waals surface area contributed by atoms with Crippen molar-refractivity contribution in [3.8, 4) is 0 Å². The molecule has 3 nitrogen and oxygen atoms in total. The maximum atomic E-state index is 12.1. The van der Waals surface area contributed by atoms with Gasteiger partial charge in [0.2, 0.25) is 0 Å². The zero-order chi connectivity index (χ0) is 13.3. The molecule has 0 aliphatic carbocycles. The maximum absolute atomic E-state index is 12.1. The van der Waals surface area contributed by atoms with Gasteiger partial charge in [-0.2, -0.15) is 18.2 Å². The SMILES string of the molecule is O=C(N=C1SCN1c1ccc(Cl)cc1)C(F)(F)F. The van der Waals surface area contributed by atoms with Crippen LogP contribution in [0.2, 0.25) is 5.02 Å². The van der Waals surface area contributed by atoms with Crippen LogP contribution in [0.4, 0.5) is 18.9 Å². The van der Waals surface area contributed by atoms with Crippen molar-refractivity contribution >= 4 is 40.1 Å². The molecule has 0 radical (unpaired) electrons. The highest BCUT2D eigenvalue weighted by Gasteiger charge is 2.40. The van der Waals surface area contributed by atoms with Gasteiger partial charge in [-0.1, -0.05) is 23.4 Å². The van der Waals surface area contributed by atoms with Crippen LogP contribution >= 0.6 is 23.4 Å². The molecule has 8 heteroatoms. The van der Waals surface area contributed by atoms with E-state index in [1.807, 2.05) is 0 Å². The molecule has 1 saturated heterocycles. The smallest absolute Gasteiger partial charge is 0.311 e. The number of hydrogen-bond donors (Lipinski definition) is 0. The lowest BCUT2D eigenvalue weighted by Gasteiger charge is -2.33. The molecule has 0 unspecified atom stereocenters. The van der Waals surface area contributed by atoms with Crippen LogP contribution in [0.15, 0.2) is 29.3 Å². The molecule has 1 aromatic carbocycles. The van der Waals surface area contributed by atoms with E-state index in [-0.39, 0.29) is 5.17 Å². The summed E-state index contributed by atoms with van der Waals surface area (Å²) in [6, 6.07) is 6.53. The molecule has 2 rings (SSSR count). The topological polar surface area (TPSA) is 32.7 Å². The van der Waals surface area contributed by atoms with Gasteiger partial charge in [0.1, 0.15) is 0 Å². The van der Waals surface area contributed by atoms with E-state index < -0.39 is 12.1 Å². The Morgan fingerprint density at radius 2 is 1.94 bits per heavy atom. The van der Waals surface area contributed by atoms with Crippen LogP contribution in [0.1, 0.15) is 0 Å². The first-order chi connectivity index (χ1) is 8.38. The number of rotatable bonds is 1. The Kier molecular flexibility index (Phi) is 3.54. The second-order valence-electron chi connectivity index (χ2n) is 3.38. The minimum absolute atomic E-state index is 0.0413. The van der Waals surface area contributed by atoms with Gasteiger partial charge in [0.15, 0.2) is 5.17 Å². The highest BCUT2D eigenvalue weighted by atomic mass is 35.5. The fourth-order valence-corrected chi connectivity index (χ4v) is 2.14. The van der Waals surface area contributed by atoms with Crippen molar-refractivity contribution in [2.24, 2.45) is 4.99 Å². The molecule has 0 atom stereocenters. The Morgan fingerprint density at radius 1 is 1.33 bits per heavy atom. The Hall–Kier alpha value is -1.21. The van der Waals surface area contributed by atoms with E-state index in [1.165, 1.54) is 4.90 Å². The molecule has 1 aromatic rings. The first-order valence-corrected chi connectivity index (χ1v) is 6.10. The summed E-state index contributed by atoms with van der Waals surface area (Å²) in [5.41, 5.74) is 0.645. The fourth-order valence-electron chi connectivity index (χ4n) is 1.24. The van der Waals surface area contributed by atoms with E-state index in [0.717, 1.165) is 11.8 Å². The predicted molar refractivity (Wildman–Crippen MR) is 64.9 cm³/mol. The number of amidine groups is 1. The number of anilines is 1. The summed E-state index contributed by atoms with van der Waals surface area (Å²) in [6.45, 7) is 0. The van der Waals surface area contributed by atoms with Crippen LogP contribution in [0.3, 0.4) is 0 Å². The Balaban J connectivity index is 2.16. The van der Waals surface area contributed by atoms with Gasteiger partial charge in [-0.25, -0.2) is 0 Å². The lowest BCUT2D eigenvalue weighted by atomic mass is 10.3. The molecule has 1 heterocycles. The molecule has 0 aromatic heterocycles. The van der Waals surface area contributed by atoms with E-state index in [4.69, 9.17) is 11.6 Å². The molecule has 18 heavy (non-hydrogen) atoms. The Bertz CT molecular complexity index is 501. The van der Waals surface area contributed by atoms with E-state index >= 15 is 0 Å². The number of thioether (sulfide) groups is 1. The van der Waals surface area contributed by atoms with Gasteiger partial charge in [0.05, 0.1) is 5.88 Å². The molecule has 1 amide bonds. The summed E-state index contributed by atoms with van der Waals surface area (Å²) in [4.78, 5) is 15.3. The standard InChI is InChI=1S/C10H6ClF3N2OS/c11-6-1-3-7(4-2-6)16-5-18-9(16)15-8(17)10(12,13)14/h1-4H,5H2. The molecule has 96 valence electrons. The average Bonchev–Trinajstić information content (AvgIpc) is 2.26. The first-order valence-electron chi connectivity index (χ1n) is 4.73. The number of amides is 1. The van der Waals surface area contributed by atoms with Crippen LogP contribution in [-0.2, 0) is 4.79 Å². The number of alkyl halides is 3. The van der Waals surface area contributed by atoms with Crippen LogP contribution in [0, 0.1) is 0 Å². The molecule has 0 N–H and O–H groups in total. The Labute approximate surface area is 110 Å². The quantitative estimate of drug-likeness (QED) is 0.797. The van der Waals surface area contributed by atoms with Gasteiger partial charge in [-0.05, 0) is 24.3 Å². The van der Waals surface area contributed by atoms with Crippen molar-refractivity contribution < 1.29 is 18.0 Å². The molecular formula is C10H6ClF3N2OS. The summed E-state index contributed by atoms with van der Waals surface area (Å²) >= 11 is 6.78. The number of benzene rings is 1. The summed E-state index contributed by atoms with van der Waals surface area (Å²) in [7, 11) is 0. The van der Waals surface area contributed by atoms with Crippen molar-refractivity contribution in [3.05, 3.63) is 29.3 Å². The minimum atomic E-state index is -4.94. The monoisotopic (exact) mass is 294 g/mol. The largest absolute Gasteiger partial charge is 0.473 e. The summed E-state index contributed by atoms with van der Waals surface area (Å²) in [5.74, 6) is -1.64. The highest BCUT2D eigenvalue weighted by molar-refractivity contribution is 8.16. The number of hydrogen-bond acceptors (Lipinski definition) is 2. The van der Waals surface area contributed by atoms with Gasteiger partial charge in [-0.15, -0.1) is 0 Å². The van der Waals surface area contributed by atoms with E-state index in [9.17, 15) is 18.0 Å². The van der Waals surface area contributed by atoms with Gasteiger partial charge in [0, 0.05) is 10.7 Å². The van der Waals surface area contributed by atoms with E-state index in [1.54, 1.807) is 24.3 Å². The number of aliphatic imine (C=N–C) groups is 1. The van der Waals surface area contributed by atoms with E-state index in [2.05, 4.69) is 4.99 Å². The van der Waals surface area contributed by atoms with Crippen LogP contribution in [0.25, 0.3) is 0 Å². The molecular weight excluding hydrogens is 289 g/mol. The highest BCUT2D eigenvalue weighted by Crippen LogP contribution is 2.31. The second kappa shape index (κ2) is 4.81. The summed E-state index contributed by atoms with van der Waals surface area (Å²) in [5, 5.41) is 0.566. The lowest BCUT2D eigenvalue weighted by Crippen LogP contribution is -2.40. The van der Waals surface area contributed by atoms with E-state index in [0.29, 0.717) is 16.6 Å². The summed E-state index contributed by atoms with van der Waals surface area (Å²) < 4.78 is 36.2. The van der Waals surface area contributed by atoms with Crippen molar-refractivity contribution in [1.82, 2.24) is 0 Å². The van der Waals surface area contributed by atoms with Crippen molar-refractivity contribution in [2.45, 2.75) is 6.18 Å². The van der Waals surface area contributed by atoms with Gasteiger partial charge in [0.25, 0.3) is 0 Å². The molecule has 0 bridgehead atoms. The van der Waals surface area contributed by atoms with Crippen LogP contribution < -0.4 is 4.90 Å². The van der Waals surface area contributed by atoms with Gasteiger partial charge >= 0.3 is 12.1 Å². The molecule has 1 fully saturated rings. The van der Waals surface area contributed by atoms with Gasteiger partial charge in [-0.3, -0.25) is 4.79 Å². The number of carbonyl (C=O) groups excluding carboxylic acids is 1. The van der Waals surface area contributed by atoms with Crippen LogP contribution in [-0.4, -0.2) is 23.1 Å².